The van der Waals surface area contributed by atoms with Crippen LogP contribution < -0.4 is 19.1 Å². The van der Waals surface area contributed by atoms with Crippen molar-refractivity contribution in [3.8, 4) is 11.5 Å². The Morgan fingerprint density at radius 2 is 1.81 bits per heavy atom. The van der Waals surface area contributed by atoms with Gasteiger partial charge in [-0.25, -0.2) is 13.2 Å². The molecule has 0 atom stereocenters. The number of aromatic carboxylic acids is 1. The van der Waals surface area contributed by atoms with Gasteiger partial charge in [-0.2, -0.15) is 0 Å². The van der Waals surface area contributed by atoms with E-state index in [0.29, 0.717) is 24.5 Å². The van der Waals surface area contributed by atoms with Crippen molar-refractivity contribution in [2.75, 3.05) is 48.3 Å². The first-order valence-corrected chi connectivity index (χ1v) is 11.7. The predicted molar refractivity (Wildman–Crippen MR) is 117 cm³/mol. The second kappa shape index (κ2) is 8.64. The summed E-state index contributed by atoms with van der Waals surface area (Å²) in [4.78, 5) is 15.7. The molecule has 2 aromatic rings. The summed E-state index contributed by atoms with van der Waals surface area (Å²) in [5.41, 5.74) is 2.16. The van der Waals surface area contributed by atoms with Gasteiger partial charge in [-0.15, -0.1) is 0 Å². The number of anilines is 2. The predicted octanol–water partition coefficient (Wildman–Crippen LogP) is 2.20. The number of carboxylic acids is 1. The Kier molecular flexibility index (Phi) is 5.92. The van der Waals surface area contributed by atoms with Crippen LogP contribution in [-0.2, 0) is 16.6 Å². The first-order chi connectivity index (χ1) is 14.8. The van der Waals surface area contributed by atoms with Crippen molar-refractivity contribution in [3.05, 3.63) is 47.5 Å². The Bertz CT molecular complexity index is 1080. The fourth-order valence-corrected chi connectivity index (χ4v) is 4.35. The molecule has 0 aliphatic carbocycles. The lowest BCUT2D eigenvalue weighted by atomic mass is 10.1. The number of nitrogens with zero attached hydrogens (tertiary/aromatic N) is 2. The van der Waals surface area contributed by atoms with Gasteiger partial charge >= 0.3 is 5.97 Å². The van der Waals surface area contributed by atoms with Crippen molar-refractivity contribution in [3.63, 3.8) is 0 Å². The molecule has 2 aliphatic heterocycles. The van der Waals surface area contributed by atoms with Gasteiger partial charge in [0, 0.05) is 32.7 Å². The summed E-state index contributed by atoms with van der Waals surface area (Å²) in [6, 6.07) is 10.5. The second-order valence-electron chi connectivity index (χ2n) is 7.49. The van der Waals surface area contributed by atoms with Crippen LogP contribution in [0.5, 0.6) is 11.5 Å². The van der Waals surface area contributed by atoms with Crippen LogP contribution >= 0.6 is 0 Å². The van der Waals surface area contributed by atoms with Crippen LogP contribution in [0, 0.1) is 0 Å². The monoisotopic (exact) mass is 447 g/mol. The normalized spacial score (nSPS) is 16.4. The maximum atomic E-state index is 12.1. The van der Waals surface area contributed by atoms with E-state index in [1.165, 1.54) is 19.1 Å². The quantitative estimate of drug-likeness (QED) is 0.665. The minimum absolute atomic E-state index is 0.0407. The molecule has 2 aromatic carbocycles. The molecule has 0 aromatic heterocycles. The van der Waals surface area contributed by atoms with Crippen LogP contribution in [0.15, 0.2) is 36.4 Å². The molecule has 2 heterocycles. The molecule has 9 nitrogen and oxygen atoms in total. The number of benzene rings is 2. The highest BCUT2D eigenvalue weighted by atomic mass is 32.2. The van der Waals surface area contributed by atoms with E-state index >= 15 is 0 Å². The van der Waals surface area contributed by atoms with E-state index in [1.807, 2.05) is 18.2 Å². The fourth-order valence-electron chi connectivity index (χ4n) is 3.71. The van der Waals surface area contributed by atoms with E-state index in [0.717, 1.165) is 36.7 Å². The average Bonchev–Trinajstić information content (AvgIpc) is 3.22. The zero-order valence-corrected chi connectivity index (χ0v) is 18.0. The number of carboxylic acid groups (broad SMARTS) is 1. The second-order valence-corrected chi connectivity index (χ2v) is 9.50. The van der Waals surface area contributed by atoms with Gasteiger partial charge in [-0.05, 0) is 42.8 Å². The third-order valence-electron chi connectivity index (χ3n) is 5.45. The van der Waals surface area contributed by atoms with Gasteiger partial charge in [0.05, 0.1) is 22.7 Å². The minimum atomic E-state index is -3.53. The van der Waals surface area contributed by atoms with Crippen LogP contribution in [0.3, 0.4) is 0 Å². The number of piperazine rings is 1. The van der Waals surface area contributed by atoms with Gasteiger partial charge in [0.2, 0.25) is 16.8 Å². The van der Waals surface area contributed by atoms with Crippen LogP contribution in [0.25, 0.3) is 0 Å². The molecule has 0 bridgehead atoms. The molecule has 2 aliphatic rings. The van der Waals surface area contributed by atoms with E-state index in [2.05, 4.69) is 14.5 Å². The van der Waals surface area contributed by atoms with Crippen molar-refractivity contribution >= 4 is 27.4 Å². The molecule has 0 amide bonds. The standard InChI is InChI=1S/C21H25N3O6S/c1-2-31(27,28)22-17-12-16(21(25)26)4-5-18(17)24-9-7-23(8-10-24)13-15-3-6-19-20(11-15)30-14-29-19/h3-6,11-12,22H,2,7-10,13-14H2,1H3,(H,25,26). The molecule has 1 saturated heterocycles. The molecule has 31 heavy (non-hydrogen) atoms. The van der Waals surface area contributed by atoms with E-state index < -0.39 is 16.0 Å². The van der Waals surface area contributed by atoms with Crippen LogP contribution in [0.2, 0.25) is 0 Å². The van der Waals surface area contributed by atoms with Crippen molar-refractivity contribution in [2.24, 2.45) is 0 Å². The summed E-state index contributed by atoms with van der Waals surface area (Å²) < 4.78 is 37.6. The number of nitrogens with one attached hydrogen (secondary N) is 1. The molecule has 0 spiro atoms. The first kappa shape index (κ1) is 21.3. The van der Waals surface area contributed by atoms with Gasteiger partial charge < -0.3 is 19.5 Å². The van der Waals surface area contributed by atoms with Gasteiger partial charge in [-0.3, -0.25) is 9.62 Å². The third kappa shape index (κ3) is 4.86. The number of hydrogen-bond acceptors (Lipinski definition) is 7. The summed E-state index contributed by atoms with van der Waals surface area (Å²) in [5.74, 6) is 0.340. The largest absolute Gasteiger partial charge is 0.478 e. The maximum absolute atomic E-state index is 12.1. The maximum Gasteiger partial charge on any atom is 0.335 e. The molecule has 10 heteroatoms. The lowest BCUT2D eigenvalue weighted by Gasteiger charge is -2.37. The average molecular weight is 448 g/mol. The fraction of sp³-hybridized carbons (Fsp3) is 0.381. The number of hydrogen-bond donors (Lipinski definition) is 2. The topological polar surface area (TPSA) is 108 Å². The van der Waals surface area contributed by atoms with Crippen molar-refractivity contribution in [2.45, 2.75) is 13.5 Å². The first-order valence-electron chi connectivity index (χ1n) is 10.1. The number of ether oxygens (including phenoxy) is 2. The lowest BCUT2D eigenvalue weighted by molar-refractivity contribution is 0.0697. The summed E-state index contributed by atoms with van der Waals surface area (Å²) in [6.45, 7) is 5.53. The van der Waals surface area contributed by atoms with Crippen molar-refractivity contribution in [1.29, 1.82) is 0 Å². The van der Waals surface area contributed by atoms with Gasteiger partial charge in [-0.1, -0.05) is 6.07 Å². The van der Waals surface area contributed by atoms with E-state index in [9.17, 15) is 18.3 Å². The number of fused-ring (bicyclic) bond motifs is 1. The Morgan fingerprint density at radius 3 is 2.52 bits per heavy atom. The number of rotatable bonds is 7. The molecule has 4 rings (SSSR count). The Labute approximate surface area is 181 Å². The highest BCUT2D eigenvalue weighted by molar-refractivity contribution is 7.92. The third-order valence-corrected chi connectivity index (χ3v) is 6.74. The van der Waals surface area contributed by atoms with Crippen molar-refractivity contribution < 1.29 is 27.8 Å². The summed E-state index contributed by atoms with van der Waals surface area (Å²) in [7, 11) is -3.53. The van der Waals surface area contributed by atoms with Gasteiger partial charge in [0.25, 0.3) is 0 Å². The van der Waals surface area contributed by atoms with Crippen molar-refractivity contribution in [1.82, 2.24) is 4.90 Å². The number of carbonyl (C=O) groups is 1. The van der Waals surface area contributed by atoms with E-state index in [1.54, 1.807) is 6.07 Å². The van der Waals surface area contributed by atoms with Gasteiger partial charge in [0.1, 0.15) is 0 Å². The zero-order valence-electron chi connectivity index (χ0n) is 17.2. The molecule has 2 N–H and O–H groups in total. The smallest absolute Gasteiger partial charge is 0.335 e. The Morgan fingerprint density at radius 1 is 1.06 bits per heavy atom. The molecule has 1 fully saturated rings. The summed E-state index contributed by atoms with van der Waals surface area (Å²) in [6.07, 6.45) is 0. The molecule has 166 valence electrons. The van der Waals surface area contributed by atoms with Crippen LogP contribution in [0.4, 0.5) is 11.4 Å². The minimum Gasteiger partial charge on any atom is -0.478 e. The Hall–Kier alpha value is -2.98. The summed E-state index contributed by atoms with van der Waals surface area (Å²) in [5, 5.41) is 9.29. The molecule has 0 unspecified atom stereocenters. The van der Waals surface area contributed by atoms with Crippen LogP contribution in [0.1, 0.15) is 22.8 Å². The highest BCUT2D eigenvalue weighted by Gasteiger charge is 2.23. The number of sulfonamides is 1. The summed E-state index contributed by atoms with van der Waals surface area (Å²) >= 11 is 0. The molecular weight excluding hydrogens is 422 g/mol. The lowest BCUT2D eigenvalue weighted by Crippen LogP contribution is -2.46. The zero-order chi connectivity index (χ0) is 22.0. The highest BCUT2D eigenvalue weighted by Crippen LogP contribution is 2.33. The van der Waals surface area contributed by atoms with Crippen LogP contribution in [-0.4, -0.2) is 63.1 Å². The van der Waals surface area contributed by atoms with E-state index in [4.69, 9.17) is 9.47 Å². The van der Waals surface area contributed by atoms with E-state index in [-0.39, 0.29) is 18.1 Å². The van der Waals surface area contributed by atoms with Gasteiger partial charge in [0.15, 0.2) is 11.5 Å². The molecule has 0 saturated carbocycles. The Balaban J connectivity index is 1.46. The SMILES string of the molecule is CCS(=O)(=O)Nc1cc(C(=O)O)ccc1N1CCN(Cc2ccc3c(c2)OCO3)CC1. The molecule has 0 radical (unpaired) electrons. The molecular formula is C21H25N3O6S.